The van der Waals surface area contributed by atoms with E-state index >= 15 is 0 Å². The molecule has 0 aliphatic heterocycles. The minimum absolute atomic E-state index is 0.415. The Morgan fingerprint density at radius 2 is 2.13 bits per heavy atom. The highest BCUT2D eigenvalue weighted by Crippen LogP contribution is 1.99. The van der Waals surface area contributed by atoms with E-state index in [0.29, 0.717) is 18.3 Å². The molecule has 1 aromatic heterocycles. The van der Waals surface area contributed by atoms with Gasteiger partial charge >= 0.3 is 0 Å². The second-order valence-corrected chi connectivity index (χ2v) is 3.69. The number of hydrogen-bond acceptors (Lipinski definition) is 4. The molecule has 0 saturated carbocycles. The van der Waals surface area contributed by atoms with Crippen molar-refractivity contribution in [3.63, 3.8) is 0 Å². The molecule has 0 aliphatic carbocycles. The average molecular weight is 219 g/mol. The molecule has 0 bridgehead atoms. The van der Waals surface area contributed by atoms with Crippen molar-refractivity contribution < 1.29 is 8.78 Å². The van der Waals surface area contributed by atoms with Gasteiger partial charge in [0.05, 0.1) is 6.54 Å². The molecule has 1 heterocycles. The van der Waals surface area contributed by atoms with Gasteiger partial charge in [0.15, 0.2) is 5.82 Å². The molecule has 0 amide bonds. The number of rotatable bonds is 6. The molecular formula is C8H15F2N5. The number of aromatic nitrogens is 4. The van der Waals surface area contributed by atoms with Crippen LogP contribution in [0.3, 0.4) is 0 Å². The second-order valence-electron chi connectivity index (χ2n) is 3.69. The lowest BCUT2D eigenvalue weighted by molar-refractivity contribution is 0.119. The normalized spacial score (nSPS) is 11.6. The SMILES string of the molecule is CC(C)CNCc1nnnn1CC(F)F. The largest absolute Gasteiger partial charge is 0.310 e. The van der Waals surface area contributed by atoms with Crippen molar-refractivity contribution in [1.82, 2.24) is 25.5 Å². The lowest BCUT2D eigenvalue weighted by Crippen LogP contribution is -2.22. The third kappa shape index (κ3) is 4.28. The van der Waals surface area contributed by atoms with Crippen LogP contribution in [-0.2, 0) is 13.1 Å². The van der Waals surface area contributed by atoms with Crippen LogP contribution < -0.4 is 5.32 Å². The molecule has 5 nitrogen and oxygen atoms in total. The molecule has 0 fully saturated rings. The summed E-state index contributed by atoms with van der Waals surface area (Å²) in [5.41, 5.74) is 0. The summed E-state index contributed by atoms with van der Waals surface area (Å²) in [6.07, 6.45) is -2.43. The zero-order valence-electron chi connectivity index (χ0n) is 8.82. The third-order valence-corrected chi connectivity index (χ3v) is 1.75. The molecule has 0 spiro atoms. The number of alkyl halides is 2. The van der Waals surface area contributed by atoms with E-state index in [2.05, 4.69) is 34.7 Å². The molecule has 0 saturated heterocycles. The van der Waals surface area contributed by atoms with E-state index in [-0.39, 0.29) is 0 Å². The van der Waals surface area contributed by atoms with Crippen LogP contribution in [0.4, 0.5) is 8.78 Å². The zero-order valence-corrected chi connectivity index (χ0v) is 8.82. The summed E-state index contributed by atoms with van der Waals surface area (Å²) in [6.45, 7) is 4.90. The van der Waals surface area contributed by atoms with Gasteiger partial charge in [-0.1, -0.05) is 13.8 Å². The first-order valence-corrected chi connectivity index (χ1v) is 4.83. The van der Waals surface area contributed by atoms with Crippen molar-refractivity contribution in [2.45, 2.75) is 33.4 Å². The van der Waals surface area contributed by atoms with Gasteiger partial charge in [0.1, 0.15) is 6.54 Å². The van der Waals surface area contributed by atoms with Crippen LogP contribution in [0, 0.1) is 5.92 Å². The van der Waals surface area contributed by atoms with Crippen molar-refractivity contribution in [3.05, 3.63) is 5.82 Å². The number of hydrogen-bond donors (Lipinski definition) is 1. The Balaban J connectivity index is 2.43. The summed E-state index contributed by atoms with van der Waals surface area (Å²) in [5.74, 6) is 0.945. The fraction of sp³-hybridized carbons (Fsp3) is 0.875. The zero-order chi connectivity index (χ0) is 11.3. The summed E-state index contributed by atoms with van der Waals surface area (Å²) < 4.78 is 25.3. The van der Waals surface area contributed by atoms with Crippen LogP contribution in [0.1, 0.15) is 19.7 Å². The van der Waals surface area contributed by atoms with Crippen molar-refractivity contribution in [2.75, 3.05) is 6.54 Å². The van der Waals surface area contributed by atoms with E-state index in [9.17, 15) is 8.78 Å². The maximum Gasteiger partial charge on any atom is 0.258 e. The highest BCUT2D eigenvalue weighted by atomic mass is 19.3. The van der Waals surface area contributed by atoms with Crippen LogP contribution in [0.25, 0.3) is 0 Å². The summed E-state index contributed by atoms with van der Waals surface area (Å²) in [6, 6.07) is 0. The molecule has 86 valence electrons. The maximum absolute atomic E-state index is 12.1. The standard InChI is InChI=1S/C8H15F2N5/c1-6(2)3-11-4-8-12-13-14-15(8)5-7(9)10/h6-7,11H,3-5H2,1-2H3. The molecule has 0 aliphatic rings. The summed E-state index contributed by atoms with van der Waals surface area (Å²) in [4.78, 5) is 0. The second kappa shape index (κ2) is 5.69. The topological polar surface area (TPSA) is 55.6 Å². The van der Waals surface area contributed by atoms with E-state index < -0.39 is 13.0 Å². The molecule has 1 aromatic rings. The Morgan fingerprint density at radius 1 is 1.40 bits per heavy atom. The smallest absolute Gasteiger partial charge is 0.258 e. The monoisotopic (exact) mass is 219 g/mol. The van der Waals surface area contributed by atoms with Crippen molar-refractivity contribution in [1.29, 1.82) is 0 Å². The molecule has 1 N–H and O–H groups in total. The van der Waals surface area contributed by atoms with Crippen LogP contribution in [0.15, 0.2) is 0 Å². The Morgan fingerprint density at radius 3 is 2.73 bits per heavy atom. The average Bonchev–Trinajstić information content (AvgIpc) is 2.51. The fourth-order valence-corrected chi connectivity index (χ4v) is 1.10. The summed E-state index contributed by atoms with van der Waals surface area (Å²) >= 11 is 0. The van der Waals surface area contributed by atoms with E-state index in [0.717, 1.165) is 11.2 Å². The van der Waals surface area contributed by atoms with Gasteiger partial charge in [-0.15, -0.1) is 5.10 Å². The van der Waals surface area contributed by atoms with Gasteiger partial charge in [-0.25, -0.2) is 13.5 Å². The summed E-state index contributed by atoms with van der Waals surface area (Å²) in [5, 5.41) is 13.6. The van der Waals surface area contributed by atoms with Crippen LogP contribution in [0.2, 0.25) is 0 Å². The lowest BCUT2D eigenvalue weighted by Gasteiger charge is -2.07. The van der Waals surface area contributed by atoms with Crippen LogP contribution in [0.5, 0.6) is 0 Å². The van der Waals surface area contributed by atoms with Crippen molar-refractivity contribution >= 4 is 0 Å². The number of nitrogens with one attached hydrogen (secondary N) is 1. The molecular weight excluding hydrogens is 204 g/mol. The predicted molar refractivity (Wildman–Crippen MR) is 50.4 cm³/mol. The van der Waals surface area contributed by atoms with Gasteiger partial charge in [-0.05, 0) is 22.9 Å². The lowest BCUT2D eigenvalue weighted by atomic mass is 10.2. The first kappa shape index (κ1) is 12.0. The highest BCUT2D eigenvalue weighted by molar-refractivity contribution is 4.80. The van der Waals surface area contributed by atoms with Gasteiger partial charge < -0.3 is 5.32 Å². The van der Waals surface area contributed by atoms with Gasteiger partial charge in [0.25, 0.3) is 6.43 Å². The maximum atomic E-state index is 12.1. The fourth-order valence-electron chi connectivity index (χ4n) is 1.10. The molecule has 0 radical (unpaired) electrons. The predicted octanol–water partition coefficient (Wildman–Crippen LogP) is 0.684. The number of halogens is 2. The van der Waals surface area contributed by atoms with E-state index in [4.69, 9.17) is 0 Å². The Kier molecular flexibility index (Phi) is 4.54. The van der Waals surface area contributed by atoms with Crippen molar-refractivity contribution in [2.24, 2.45) is 5.92 Å². The molecule has 0 unspecified atom stereocenters. The highest BCUT2D eigenvalue weighted by Gasteiger charge is 2.10. The van der Waals surface area contributed by atoms with Crippen LogP contribution in [-0.4, -0.2) is 33.2 Å². The van der Waals surface area contributed by atoms with E-state index in [1.807, 2.05) is 0 Å². The first-order valence-electron chi connectivity index (χ1n) is 4.83. The Bertz CT molecular complexity index is 286. The Hall–Kier alpha value is -1.11. The molecule has 1 rings (SSSR count). The number of tetrazole rings is 1. The van der Waals surface area contributed by atoms with Gasteiger partial charge in [-0.3, -0.25) is 0 Å². The summed E-state index contributed by atoms with van der Waals surface area (Å²) in [7, 11) is 0. The van der Waals surface area contributed by atoms with Gasteiger partial charge in [0.2, 0.25) is 0 Å². The molecule has 15 heavy (non-hydrogen) atoms. The molecule has 0 aromatic carbocycles. The van der Waals surface area contributed by atoms with Crippen molar-refractivity contribution in [3.8, 4) is 0 Å². The quantitative estimate of drug-likeness (QED) is 0.764. The Labute approximate surface area is 86.9 Å². The van der Waals surface area contributed by atoms with E-state index in [1.54, 1.807) is 0 Å². The van der Waals surface area contributed by atoms with Gasteiger partial charge in [-0.2, -0.15) is 0 Å². The third-order valence-electron chi connectivity index (χ3n) is 1.75. The molecule has 7 heteroatoms. The minimum atomic E-state index is -2.43. The van der Waals surface area contributed by atoms with Gasteiger partial charge in [0, 0.05) is 0 Å². The minimum Gasteiger partial charge on any atom is -0.310 e. The van der Waals surface area contributed by atoms with E-state index in [1.165, 1.54) is 0 Å². The molecule has 0 atom stereocenters. The van der Waals surface area contributed by atoms with Crippen LogP contribution >= 0.6 is 0 Å². The first-order chi connectivity index (χ1) is 7.09. The number of nitrogens with zero attached hydrogens (tertiary/aromatic N) is 4.